The van der Waals surface area contributed by atoms with Gasteiger partial charge in [0.05, 0.1) is 17.5 Å². The SMILES string of the molecule is S=c1nc(-c2cccs2)[nH]n1CC1CCCO1. The number of hydrogen-bond donors (Lipinski definition) is 1. The van der Waals surface area contributed by atoms with E-state index in [0.717, 1.165) is 36.7 Å². The molecular weight excluding hydrogens is 254 g/mol. The smallest absolute Gasteiger partial charge is 0.216 e. The molecule has 4 nitrogen and oxygen atoms in total. The third-order valence-corrected chi connectivity index (χ3v) is 4.03. The summed E-state index contributed by atoms with van der Waals surface area (Å²) in [6.07, 6.45) is 2.53. The summed E-state index contributed by atoms with van der Waals surface area (Å²) in [6, 6.07) is 4.05. The van der Waals surface area contributed by atoms with Gasteiger partial charge in [0.2, 0.25) is 4.77 Å². The molecule has 0 bridgehead atoms. The van der Waals surface area contributed by atoms with Crippen LogP contribution in [0.4, 0.5) is 0 Å². The van der Waals surface area contributed by atoms with E-state index in [1.165, 1.54) is 0 Å². The average Bonchev–Trinajstić information content (AvgIpc) is 3.02. The zero-order chi connectivity index (χ0) is 11.7. The van der Waals surface area contributed by atoms with Gasteiger partial charge in [-0.1, -0.05) is 6.07 Å². The predicted octanol–water partition coefficient (Wildman–Crippen LogP) is 2.85. The van der Waals surface area contributed by atoms with Crippen molar-refractivity contribution in [1.29, 1.82) is 0 Å². The summed E-state index contributed by atoms with van der Waals surface area (Å²) in [5.74, 6) is 0.850. The Balaban J connectivity index is 1.83. The molecule has 2 aromatic heterocycles. The molecular formula is C11H13N3OS2. The van der Waals surface area contributed by atoms with Gasteiger partial charge in [-0.25, -0.2) is 0 Å². The van der Waals surface area contributed by atoms with E-state index in [1.54, 1.807) is 11.3 Å². The van der Waals surface area contributed by atoms with E-state index >= 15 is 0 Å². The highest BCUT2D eigenvalue weighted by Crippen LogP contribution is 2.21. The van der Waals surface area contributed by atoms with Crippen LogP contribution in [0.3, 0.4) is 0 Å². The molecule has 0 saturated carbocycles. The Labute approximate surface area is 108 Å². The van der Waals surface area contributed by atoms with Gasteiger partial charge in [0.15, 0.2) is 5.82 Å². The number of rotatable bonds is 3. The maximum Gasteiger partial charge on any atom is 0.216 e. The second-order valence-corrected chi connectivity index (χ2v) is 5.39. The Morgan fingerprint density at radius 3 is 3.29 bits per heavy atom. The number of aromatic nitrogens is 3. The normalized spacial score (nSPS) is 19.9. The summed E-state index contributed by atoms with van der Waals surface area (Å²) in [5, 5.41) is 5.28. The van der Waals surface area contributed by atoms with Gasteiger partial charge >= 0.3 is 0 Å². The molecule has 1 saturated heterocycles. The van der Waals surface area contributed by atoms with Crippen LogP contribution in [-0.4, -0.2) is 27.5 Å². The van der Waals surface area contributed by atoms with E-state index < -0.39 is 0 Å². The van der Waals surface area contributed by atoms with Crippen molar-refractivity contribution in [2.45, 2.75) is 25.5 Å². The van der Waals surface area contributed by atoms with Crippen molar-refractivity contribution in [3.63, 3.8) is 0 Å². The lowest BCUT2D eigenvalue weighted by molar-refractivity contribution is 0.0936. The first-order valence-electron chi connectivity index (χ1n) is 5.65. The molecule has 17 heavy (non-hydrogen) atoms. The summed E-state index contributed by atoms with van der Waals surface area (Å²) in [7, 11) is 0. The van der Waals surface area contributed by atoms with Crippen molar-refractivity contribution in [3.05, 3.63) is 22.3 Å². The fourth-order valence-electron chi connectivity index (χ4n) is 2.00. The highest BCUT2D eigenvalue weighted by Gasteiger charge is 2.17. The Bertz CT molecular complexity index is 537. The quantitative estimate of drug-likeness (QED) is 0.870. The van der Waals surface area contributed by atoms with Crippen molar-refractivity contribution in [3.8, 4) is 10.7 Å². The van der Waals surface area contributed by atoms with Crippen molar-refractivity contribution in [2.24, 2.45) is 0 Å². The average molecular weight is 267 g/mol. The van der Waals surface area contributed by atoms with Gasteiger partial charge in [-0.3, -0.25) is 9.78 Å². The van der Waals surface area contributed by atoms with Crippen molar-refractivity contribution in [2.75, 3.05) is 6.61 Å². The summed E-state index contributed by atoms with van der Waals surface area (Å²) in [6.45, 7) is 1.64. The molecule has 0 spiro atoms. The molecule has 6 heteroatoms. The minimum atomic E-state index is 0.276. The molecule has 1 unspecified atom stereocenters. The van der Waals surface area contributed by atoms with Crippen LogP contribution < -0.4 is 0 Å². The van der Waals surface area contributed by atoms with Crippen molar-refractivity contribution < 1.29 is 4.74 Å². The third-order valence-electron chi connectivity index (χ3n) is 2.84. The van der Waals surface area contributed by atoms with Crippen molar-refractivity contribution in [1.82, 2.24) is 14.8 Å². The number of thiophene rings is 1. The van der Waals surface area contributed by atoms with E-state index in [4.69, 9.17) is 17.0 Å². The van der Waals surface area contributed by atoms with Gasteiger partial charge in [0.1, 0.15) is 0 Å². The van der Waals surface area contributed by atoms with Crippen LogP contribution in [0.2, 0.25) is 0 Å². The number of H-pyrrole nitrogens is 1. The fraction of sp³-hybridized carbons (Fsp3) is 0.455. The Morgan fingerprint density at radius 1 is 1.65 bits per heavy atom. The zero-order valence-electron chi connectivity index (χ0n) is 9.26. The molecule has 1 aliphatic rings. The molecule has 1 fully saturated rings. The standard InChI is InChI=1S/C11H13N3OS2/c16-11-12-10(9-4-2-6-17-9)13-14(11)7-8-3-1-5-15-8/h2,4,6,8H,1,3,5,7H2,(H,12,13,16). The molecule has 1 atom stereocenters. The Kier molecular flexibility index (Phi) is 3.09. The highest BCUT2D eigenvalue weighted by molar-refractivity contribution is 7.71. The van der Waals surface area contributed by atoms with Crippen molar-refractivity contribution >= 4 is 23.6 Å². The number of nitrogens with one attached hydrogen (secondary N) is 1. The van der Waals surface area contributed by atoms with E-state index in [1.807, 2.05) is 22.2 Å². The van der Waals surface area contributed by atoms with Gasteiger partial charge in [0, 0.05) is 6.61 Å². The van der Waals surface area contributed by atoms with Crippen LogP contribution in [0, 0.1) is 4.77 Å². The number of hydrogen-bond acceptors (Lipinski definition) is 4. The third kappa shape index (κ3) is 2.34. The lowest BCUT2D eigenvalue weighted by Gasteiger charge is -2.08. The second kappa shape index (κ2) is 4.72. The second-order valence-electron chi connectivity index (χ2n) is 4.08. The van der Waals surface area contributed by atoms with Gasteiger partial charge in [-0.05, 0) is 36.5 Å². The molecule has 0 aliphatic carbocycles. The first-order chi connectivity index (χ1) is 8.33. The van der Waals surface area contributed by atoms with Gasteiger partial charge in [-0.15, -0.1) is 11.3 Å². The number of nitrogens with zero attached hydrogens (tertiary/aromatic N) is 2. The number of aromatic amines is 1. The number of ether oxygens (including phenoxy) is 1. The summed E-state index contributed by atoms with van der Waals surface area (Å²) in [5.41, 5.74) is 0. The molecule has 0 aromatic carbocycles. The van der Waals surface area contributed by atoms with Gasteiger partial charge < -0.3 is 4.74 Å². The van der Waals surface area contributed by atoms with Crippen LogP contribution in [0.5, 0.6) is 0 Å². The fourth-order valence-corrected chi connectivity index (χ4v) is 2.87. The van der Waals surface area contributed by atoms with E-state index in [0.29, 0.717) is 4.77 Å². The van der Waals surface area contributed by atoms with E-state index in [-0.39, 0.29) is 6.10 Å². The van der Waals surface area contributed by atoms with Crippen LogP contribution in [0.25, 0.3) is 10.7 Å². The van der Waals surface area contributed by atoms with Crippen LogP contribution in [0.1, 0.15) is 12.8 Å². The monoisotopic (exact) mass is 267 g/mol. The highest BCUT2D eigenvalue weighted by atomic mass is 32.1. The lowest BCUT2D eigenvalue weighted by atomic mass is 10.2. The van der Waals surface area contributed by atoms with Crippen LogP contribution >= 0.6 is 23.6 Å². The predicted molar refractivity (Wildman–Crippen MR) is 69.7 cm³/mol. The van der Waals surface area contributed by atoms with E-state index in [9.17, 15) is 0 Å². The molecule has 3 heterocycles. The minimum Gasteiger partial charge on any atom is -0.376 e. The Hall–Kier alpha value is -0.980. The molecule has 1 aliphatic heterocycles. The summed E-state index contributed by atoms with van der Waals surface area (Å²) >= 11 is 6.91. The van der Waals surface area contributed by atoms with Crippen LogP contribution in [0.15, 0.2) is 17.5 Å². The van der Waals surface area contributed by atoms with E-state index in [2.05, 4.69) is 10.1 Å². The lowest BCUT2D eigenvalue weighted by Crippen LogP contribution is -2.16. The largest absolute Gasteiger partial charge is 0.376 e. The maximum absolute atomic E-state index is 5.60. The first kappa shape index (κ1) is 11.1. The topological polar surface area (TPSA) is 42.8 Å². The van der Waals surface area contributed by atoms with Gasteiger partial charge in [0.25, 0.3) is 0 Å². The molecule has 3 rings (SSSR count). The maximum atomic E-state index is 5.60. The summed E-state index contributed by atoms with van der Waals surface area (Å²) in [4.78, 5) is 5.49. The molecule has 0 radical (unpaired) electrons. The zero-order valence-corrected chi connectivity index (χ0v) is 10.9. The Morgan fingerprint density at radius 2 is 2.59 bits per heavy atom. The first-order valence-corrected chi connectivity index (χ1v) is 6.94. The molecule has 2 aromatic rings. The minimum absolute atomic E-state index is 0.276. The molecule has 1 N–H and O–H groups in total. The molecule has 0 amide bonds. The van der Waals surface area contributed by atoms with Crippen LogP contribution in [-0.2, 0) is 11.3 Å². The molecule has 90 valence electrons. The summed E-state index contributed by atoms with van der Waals surface area (Å²) < 4.78 is 8.10. The van der Waals surface area contributed by atoms with Gasteiger partial charge in [-0.2, -0.15) is 4.98 Å².